The van der Waals surface area contributed by atoms with Crippen molar-refractivity contribution in [3.8, 4) is 17.7 Å². The van der Waals surface area contributed by atoms with Crippen molar-refractivity contribution >= 4 is 37.4 Å². The number of nitrogens with zero attached hydrogens (tertiary/aromatic N) is 2. The van der Waals surface area contributed by atoms with Gasteiger partial charge in [0.05, 0.1) is 30.5 Å². The first kappa shape index (κ1) is 24.4. The van der Waals surface area contributed by atoms with Crippen molar-refractivity contribution < 1.29 is 17.9 Å². The highest BCUT2D eigenvalue weighted by Gasteiger charge is 2.26. The number of carbonyl (C=O) groups excluding carboxylic acids is 1. The summed E-state index contributed by atoms with van der Waals surface area (Å²) in [4.78, 5) is 12.7. The van der Waals surface area contributed by atoms with Gasteiger partial charge >= 0.3 is 5.97 Å². The minimum absolute atomic E-state index is 0.0654. The van der Waals surface area contributed by atoms with Crippen LogP contribution in [0, 0.1) is 12.0 Å². The molecule has 8 heteroatoms. The largest absolute Gasteiger partial charge is 0.465 e. The summed E-state index contributed by atoms with van der Waals surface area (Å²) in [6.45, 7) is 0.0654. The second kappa shape index (κ2) is 10.3. The molecule has 0 saturated heterocycles. The van der Waals surface area contributed by atoms with Gasteiger partial charge in [-0.05, 0) is 41.8 Å². The lowest BCUT2D eigenvalue weighted by molar-refractivity contribution is 0.0600. The van der Waals surface area contributed by atoms with Gasteiger partial charge in [-0.3, -0.25) is 0 Å². The standard InChI is InChI=1S/C29H22N2O4S2/c1-35-29(32)25-14-9-12-23(28(25)30-17-7-8-18-30)16-19-31(20-22-10-3-2-4-11-22)37(33,34)27-21-36-26-15-6-5-13-24(26)27/h2-15,17-18,21H,20H2,1H3. The summed E-state index contributed by atoms with van der Waals surface area (Å²) in [6.07, 6.45) is 3.59. The van der Waals surface area contributed by atoms with Crippen molar-refractivity contribution in [3.63, 3.8) is 0 Å². The van der Waals surface area contributed by atoms with E-state index in [1.165, 1.54) is 22.8 Å². The number of fused-ring (bicyclic) bond motifs is 1. The second-order valence-corrected chi connectivity index (χ2v) is 10.9. The molecule has 0 atom stereocenters. The molecule has 0 aliphatic heterocycles. The Labute approximate surface area is 219 Å². The Balaban J connectivity index is 1.65. The average Bonchev–Trinajstić information content (AvgIpc) is 3.61. The summed E-state index contributed by atoms with van der Waals surface area (Å²) in [5, 5.41) is 2.32. The Bertz CT molecular complexity index is 1730. The lowest BCUT2D eigenvalue weighted by atomic mass is 10.1. The third-order valence-electron chi connectivity index (χ3n) is 5.80. The van der Waals surface area contributed by atoms with Crippen LogP contribution in [0.25, 0.3) is 15.8 Å². The van der Waals surface area contributed by atoms with Gasteiger partial charge in [-0.2, -0.15) is 0 Å². The number of hydrogen-bond donors (Lipinski definition) is 0. The molecule has 5 rings (SSSR count). The van der Waals surface area contributed by atoms with Crippen LogP contribution in [0.15, 0.2) is 108 Å². The fourth-order valence-corrected chi connectivity index (χ4v) is 6.71. The molecule has 37 heavy (non-hydrogen) atoms. The summed E-state index contributed by atoms with van der Waals surface area (Å²) in [5.41, 5.74) is 2.13. The van der Waals surface area contributed by atoms with Crippen molar-refractivity contribution in [2.75, 3.05) is 7.11 Å². The Morgan fingerprint density at radius 1 is 0.946 bits per heavy atom. The number of hydrogen-bond acceptors (Lipinski definition) is 5. The minimum Gasteiger partial charge on any atom is -0.465 e. The smallest absolute Gasteiger partial charge is 0.340 e. The van der Waals surface area contributed by atoms with E-state index in [9.17, 15) is 13.2 Å². The molecule has 0 aliphatic rings. The van der Waals surface area contributed by atoms with Crippen LogP contribution in [-0.2, 0) is 21.3 Å². The molecular formula is C29H22N2O4S2. The Kier molecular flexibility index (Phi) is 6.82. The maximum atomic E-state index is 13.9. The van der Waals surface area contributed by atoms with Crippen molar-refractivity contribution in [3.05, 3.63) is 119 Å². The molecule has 6 nitrogen and oxygen atoms in total. The zero-order valence-corrected chi connectivity index (χ0v) is 21.5. The average molecular weight is 527 g/mol. The number of methoxy groups -OCH3 is 1. The molecule has 0 N–H and O–H groups in total. The third kappa shape index (κ3) is 4.87. The summed E-state index contributed by atoms with van der Waals surface area (Å²) in [7, 11) is -2.66. The van der Waals surface area contributed by atoms with Gasteiger partial charge in [0, 0.05) is 33.9 Å². The molecule has 184 valence electrons. The van der Waals surface area contributed by atoms with E-state index >= 15 is 0 Å². The van der Waals surface area contributed by atoms with E-state index in [4.69, 9.17) is 4.74 Å². The molecule has 2 heterocycles. The van der Waals surface area contributed by atoms with Crippen molar-refractivity contribution in [1.82, 2.24) is 8.87 Å². The lowest BCUT2D eigenvalue weighted by Crippen LogP contribution is -2.26. The number of ether oxygens (including phenoxy) is 1. The van der Waals surface area contributed by atoms with E-state index < -0.39 is 16.0 Å². The van der Waals surface area contributed by atoms with E-state index in [0.29, 0.717) is 22.2 Å². The van der Waals surface area contributed by atoms with Crippen LogP contribution in [0.4, 0.5) is 0 Å². The zero-order chi connectivity index (χ0) is 25.8. The molecule has 2 aromatic heterocycles. The first-order chi connectivity index (χ1) is 18.0. The fourth-order valence-electron chi connectivity index (χ4n) is 4.01. The topological polar surface area (TPSA) is 68.6 Å². The van der Waals surface area contributed by atoms with Crippen LogP contribution in [0.1, 0.15) is 21.5 Å². The van der Waals surface area contributed by atoms with Crippen LogP contribution >= 0.6 is 11.3 Å². The Hall–Kier alpha value is -4.32. The molecule has 0 radical (unpaired) electrons. The van der Waals surface area contributed by atoms with E-state index in [2.05, 4.69) is 12.0 Å². The molecule has 0 aliphatic carbocycles. The lowest BCUT2D eigenvalue weighted by Gasteiger charge is -2.18. The van der Waals surface area contributed by atoms with E-state index in [1.54, 1.807) is 46.6 Å². The number of rotatable bonds is 6. The first-order valence-electron chi connectivity index (χ1n) is 11.4. The molecule has 0 unspecified atom stereocenters. The summed E-state index contributed by atoms with van der Waals surface area (Å²) in [6, 6.07) is 28.4. The summed E-state index contributed by atoms with van der Waals surface area (Å²) >= 11 is 1.38. The van der Waals surface area contributed by atoms with Crippen LogP contribution in [-0.4, -0.2) is 30.4 Å². The minimum atomic E-state index is -3.98. The van der Waals surface area contributed by atoms with E-state index in [-0.39, 0.29) is 11.4 Å². The van der Waals surface area contributed by atoms with Gasteiger partial charge in [-0.1, -0.05) is 54.6 Å². The number of sulfonamides is 1. The maximum absolute atomic E-state index is 13.9. The van der Waals surface area contributed by atoms with Gasteiger partial charge in [-0.25, -0.2) is 17.5 Å². The van der Waals surface area contributed by atoms with Gasteiger partial charge in [0.2, 0.25) is 0 Å². The van der Waals surface area contributed by atoms with Crippen LogP contribution in [0.3, 0.4) is 0 Å². The molecule has 0 saturated carbocycles. The highest BCUT2D eigenvalue weighted by molar-refractivity contribution is 7.89. The van der Waals surface area contributed by atoms with Crippen molar-refractivity contribution in [1.29, 1.82) is 0 Å². The molecular weight excluding hydrogens is 504 g/mol. The quantitative estimate of drug-likeness (QED) is 0.162. The number of aromatic nitrogens is 1. The molecule has 0 fully saturated rings. The van der Waals surface area contributed by atoms with Crippen LogP contribution < -0.4 is 0 Å². The normalized spacial score (nSPS) is 11.1. The second-order valence-electron chi connectivity index (χ2n) is 8.11. The molecule has 0 bridgehead atoms. The fraction of sp³-hybridized carbons (Fsp3) is 0.0690. The number of benzene rings is 3. The van der Waals surface area contributed by atoms with Crippen LogP contribution in [0.2, 0.25) is 0 Å². The van der Waals surface area contributed by atoms with Gasteiger partial charge in [0.25, 0.3) is 10.0 Å². The monoisotopic (exact) mass is 526 g/mol. The third-order valence-corrected chi connectivity index (χ3v) is 8.61. The van der Waals surface area contributed by atoms with Gasteiger partial charge in [-0.15, -0.1) is 11.3 Å². The van der Waals surface area contributed by atoms with Gasteiger partial charge < -0.3 is 9.30 Å². The highest BCUT2D eigenvalue weighted by atomic mass is 32.2. The SMILES string of the molecule is COC(=O)c1cccc(C#CN(Cc2ccccc2)S(=O)(=O)c2csc3ccccc23)c1-n1cccc1. The summed E-state index contributed by atoms with van der Waals surface area (Å²) < 4.78 is 36.6. The molecule has 5 aromatic rings. The highest BCUT2D eigenvalue weighted by Crippen LogP contribution is 2.32. The number of para-hydroxylation sites is 1. The predicted octanol–water partition coefficient (Wildman–Crippen LogP) is 5.68. The summed E-state index contributed by atoms with van der Waals surface area (Å²) in [5.74, 6) is 2.52. The molecule has 3 aromatic carbocycles. The number of carbonyl (C=O) groups is 1. The Morgan fingerprint density at radius 2 is 1.68 bits per heavy atom. The molecule has 0 spiro atoms. The van der Waals surface area contributed by atoms with Crippen molar-refractivity contribution in [2.24, 2.45) is 0 Å². The predicted molar refractivity (Wildman–Crippen MR) is 145 cm³/mol. The van der Waals surface area contributed by atoms with Crippen molar-refractivity contribution in [2.45, 2.75) is 11.4 Å². The van der Waals surface area contributed by atoms with Gasteiger partial charge in [0.15, 0.2) is 0 Å². The number of esters is 1. The van der Waals surface area contributed by atoms with E-state index in [1.807, 2.05) is 60.7 Å². The Morgan fingerprint density at radius 3 is 2.43 bits per heavy atom. The molecule has 0 amide bonds. The zero-order valence-electron chi connectivity index (χ0n) is 19.9. The van der Waals surface area contributed by atoms with Crippen LogP contribution in [0.5, 0.6) is 0 Å². The van der Waals surface area contributed by atoms with E-state index in [0.717, 1.165) is 10.3 Å². The van der Waals surface area contributed by atoms with Gasteiger partial charge in [0.1, 0.15) is 4.90 Å². The first-order valence-corrected chi connectivity index (χ1v) is 13.7. The number of thiophene rings is 1. The maximum Gasteiger partial charge on any atom is 0.340 e.